The second-order valence-corrected chi connectivity index (χ2v) is 6.32. The molecule has 0 aliphatic carbocycles. The largest absolute Gasteiger partial charge is 0.423 e. The van der Waals surface area contributed by atoms with Crippen molar-refractivity contribution in [2.24, 2.45) is 5.73 Å². The Bertz CT molecular complexity index is 361. The quantitative estimate of drug-likeness (QED) is 0.780. The summed E-state index contributed by atoms with van der Waals surface area (Å²) in [5, 5.41) is 4.24. The molecule has 1 radical (unpaired) electrons. The van der Waals surface area contributed by atoms with Crippen molar-refractivity contribution in [2.45, 2.75) is 33.2 Å². The minimum atomic E-state index is -1.38. The van der Waals surface area contributed by atoms with Gasteiger partial charge in [0, 0.05) is 24.4 Å². The zero-order valence-corrected chi connectivity index (χ0v) is 13.8. The van der Waals surface area contributed by atoms with Crippen molar-refractivity contribution in [3.63, 3.8) is 0 Å². The van der Waals surface area contributed by atoms with E-state index in [0.29, 0.717) is 13.2 Å². The second-order valence-electron chi connectivity index (χ2n) is 4.63. The van der Waals surface area contributed by atoms with Gasteiger partial charge in [0.15, 0.2) is 0 Å². The van der Waals surface area contributed by atoms with Gasteiger partial charge in [-0.1, -0.05) is 24.3 Å². The number of nitrogens with two attached hydrogens (primary N) is 1. The molecule has 1 aliphatic heterocycles. The third-order valence-electron chi connectivity index (χ3n) is 2.93. The lowest BCUT2D eigenvalue weighted by Crippen LogP contribution is -2.40. The van der Waals surface area contributed by atoms with Crippen LogP contribution in [0, 0.1) is 0 Å². The molecule has 113 valence electrons. The van der Waals surface area contributed by atoms with Crippen LogP contribution in [0.25, 0.3) is 0 Å². The Morgan fingerprint density at radius 1 is 1.20 bits per heavy atom. The lowest BCUT2D eigenvalue weighted by atomic mass is 10.1. The van der Waals surface area contributed by atoms with Gasteiger partial charge in [-0.05, 0) is 45.8 Å². The first-order chi connectivity index (χ1) is 9.70. The zero-order chi connectivity index (χ0) is 14.8. The predicted octanol–water partition coefficient (Wildman–Crippen LogP) is 1.45. The standard InChI is InChI=1S/C12H20NO2Si.C3H7N/c1-4-14-16(15-5-2)12-9-7-6-8-11(12)10(3)13;1-2-4-3-1/h6-10H,4-5,13H2,1-3H3;4H,1-3H2. The SMILES string of the molecule is C1CNC1.CCO[Si](OCC)c1ccccc1C(C)N. The molecule has 20 heavy (non-hydrogen) atoms. The molecule has 5 heteroatoms. The summed E-state index contributed by atoms with van der Waals surface area (Å²) in [6.45, 7) is 9.79. The van der Waals surface area contributed by atoms with E-state index in [0.717, 1.165) is 10.8 Å². The van der Waals surface area contributed by atoms with Crippen molar-refractivity contribution in [3.05, 3.63) is 29.8 Å². The van der Waals surface area contributed by atoms with Gasteiger partial charge < -0.3 is 19.9 Å². The number of hydrogen-bond donors (Lipinski definition) is 2. The van der Waals surface area contributed by atoms with E-state index in [-0.39, 0.29) is 6.04 Å². The monoisotopic (exact) mass is 295 g/mol. The van der Waals surface area contributed by atoms with Crippen molar-refractivity contribution < 1.29 is 8.85 Å². The van der Waals surface area contributed by atoms with E-state index < -0.39 is 9.28 Å². The van der Waals surface area contributed by atoms with Crippen molar-refractivity contribution in [2.75, 3.05) is 26.3 Å². The summed E-state index contributed by atoms with van der Waals surface area (Å²) in [4.78, 5) is 0. The van der Waals surface area contributed by atoms with Gasteiger partial charge in [-0.3, -0.25) is 0 Å². The van der Waals surface area contributed by atoms with E-state index in [1.807, 2.05) is 39.0 Å². The molecule has 4 nitrogen and oxygen atoms in total. The first kappa shape index (κ1) is 17.3. The summed E-state index contributed by atoms with van der Waals surface area (Å²) in [5.41, 5.74) is 7.07. The summed E-state index contributed by atoms with van der Waals surface area (Å²) in [5.74, 6) is 0. The van der Waals surface area contributed by atoms with Crippen LogP contribution in [-0.2, 0) is 8.85 Å². The molecule has 1 unspecified atom stereocenters. The molecule has 0 aromatic heterocycles. The molecule has 1 aromatic carbocycles. The van der Waals surface area contributed by atoms with Crippen molar-refractivity contribution in [1.29, 1.82) is 0 Å². The minimum absolute atomic E-state index is 0.0112. The topological polar surface area (TPSA) is 56.5 Å². The number of rotatable bonds is 6. The summed E-state index contributed by atoms with van der Waals surface area (Å²) >= 11 is 0. The molecule has 1 saturated heterocycles. The van der Waals surface area contributed by atoms with E-state index in [9.17, 15) is 0 Å². The Labute approximate surface area is 124 Å². The summed E-state index contributed by atoms with van der Waals surface area (Å²) < 4.78 is 11.4. The fraction of sp³-hybridized carbons (Fsp3) is 0.600. The highest BCUT2D eigenvalue weighted by molar-refractivity contribution is 6.61. The smallest absolute Gasteiger partial charge is 0.390 e. The third kappa shape index (κ3) is 5.72. The summed E-state index contributed by atoms with van der Waals surface area (Å²) in [6, 6.07) is 8.11. The molecular formula is C15H27N2O2Si. The molecule has 1 fully saturated rings. The highest BCUT2D eigenvalue weighted by atomic mass is 28.3. The highest BCUT2D eigenvalue weighted by Crippen LogP contribution is 2.08. The minimum Gasteiger partial charge on any atom is -0.390 e. The van der Waals surface area contributed by atoms with Gasteiger partial charge in [-0.15, -0.1) is 0 Å². The van der Waals surface area contributed by atoms with Gasteiger partial charge in [-0.25, -0.2) is 0 Å². The van der Waals surface area contributed by atoms with Crippen LogP contribution in [0.4, 0.5) is 0 Å². The lowest BCUT2D eigenvalue weighted by molar-refractivity contribution is 0.225. The molecule has 1 atom stereocenters. The first-order valence-electron chi connectivity index (χ1n) is 7.38. The van der Waals surface area contributed by atoms with Gasteiger partial charge in [0.2, 0.25) is 0 Å². The van der Waals surface area contributed by atoms with E-state index in [2.05, 4.69) is 11.4 Å². The van der Waals surface area contributed by atoms with Crippen LogP contribution in [0.3, 0.4) is 0 Å². The molecule has 1 aromatic rings. The van der Waals surface area contributed by atoms with Gasteiger partial charge in [0.25, 0.3) is 0 Å². The van der Waals surface area contributed by atoms with E-state index in [1.165, 1.54) is 19.5 Å². The van der Waals surface area contributed by atoms with Crippen LogP contribution in [0.2, 0.25) is 0 Å². The molecule has 3 N–H and O–H groups in total. The fourth-order valence-electron chi connectivity index (χ4n) is 1.72. The van der Waals surface area contributed by atoms with E-state index in [1.54, 1.807) is 0 Å². The van der Waals surface area contributed by atoms with Crippen LogP contribution in [0.15, 0.2) is 24.3 Å². The van der Waals surface area contributed by atoms with Crippen LogP contribution in [0.5, 0.6) is 0 Å². The predicted molar refractivity (Wildman–Crippen MR) is 85.2 cm³/mol. The lowest BCUT2D eigenvalue weighted by Gasteiger charge is -2.18. The Hall–Kier alpha value is -0.723. The Balaban J connectivity index is 0.000000425. The Morgan fingerprint density at radius 3 is 2.10 bits per heavy atom. The molecule has 0 bridgehead atoms. The molecule has 1 aliphatic rings. The van der Waals surface area contributed by atoms with Gasteiger partial charge >= 0.3 is 9.28 Å². The molecule has 0 spiro atoms. The number of nitrogens with one attached hydrogen (secondary N) is 1. The van der Waals surface area contributed by atoms with E-state index in [4.69, 9.17) is 14.6 Å². The third-order valence-corrected chi connectivity index (χ3v) is 4.93. The highest BCUT2D eigenvalue weighted by Gasteiger charge is 2.22. The molecule has 2 rings (SSSR count). The van der Waals surface area contributed by atoms with Gasteiger partial charge in [-0.2, -0.15) is 0 Å². The van der Waals surface area contributed by atoms with Gasteiger partial charge in [0.05, 0.1) is 0 Å². The molecule has 1 heterocycles. The zero-order valence-electron chi connectivity index (χ0n) is 12.8. The molecular weight excluding hydrogens is 268 g/mol. The second kappa shape index (κ2) is 10.1. The maximum absolute atomic E-state index is 5.95. The maximum Gasteiger partial charge on any atom is 0.423 e. The van der Waals surface area contributed by atoms with Crippen LogP contribution >= 0.6 is 0 Å². The maximum atomic E-state index is 5.95. The first-order valence-corrected chi connectivity index (χ1v) is 8.70. The van der Waals surface area contributed by atoms with E-state index >= 15 is 0 Å². The van der Waals surface area contributed by atoms with Crippen molar-refractivity contribution in [1.82, 2.24) is 5.32 Å². The number of hydrogen-bond acceptors (Lipinski definition) is 4. The van der Waals surface area contributed by atoms with Gasteiger partial charge in [0.1, 0.15) is 0 Å². The Kier molecular flexibility index (Phi) is 8.72. The van der Waals surface area contributed by atoms with Crippen molar-refractivity contribution in [3.8, 4) is 0 Å². The van der Waals surface area contributed by atoms with Crippen LogP contribution in [-0.4, -0.2) is 35.6 Å². The average molecular weight is 295 g/mol. The molecule has 0 amide bonds. The number of benzene rings is 1. The molecule has 0 saturated carbocycles. The van der Waals surface area contributed by atoms with Crippen LogP contribution in [0.1, 0.15) is 38.8 Å². The summed E-state index contributed by atoms with van der Waals surface area (Å²) in [6.07, 6.45) is 1.39. The fourth-order valence-corrected chi connectivity index (χ4v) is 3.41. The summed E-state index contributed by atoms with van der Waals surface area (Å²) in [7, 11) is -1.38. The average Bonchev–Trinajstić information content (AvgIpc) is 2.36. The Morgan fingerprint density at radius 2 is 1.70 bits per heavy atom. The van der Waals surface area contributed by atoms with Crippen LogP contribution < -0.4 is 16.2 Å². The van der Waals surface area contributed by atoms with Crippen molar-refractivity contribution >= 4 is 14.5 Å². The normalized spacial score (nSPS) is 15.2.